The Morgan fingerprint density at radius 1 is 0.949 bits per heavy atom. The van der Waals surface area contributed by atoms with Crippen LogP contribution >= 0.6 is 0 Å². The predicted octanol–water partition coefficient (Wildman–Crippen LogP) is 5.22. The van der Waals surface area contributed by atoms with Crippen molar-refractivity contribution in [1.29, 1.82) is 5.26 Å². The fraction of sp³-hybridized carbons (Fsp3) is 0.607. The Hall–Kier alpha value is -3.10. The zero-order valence-corrected chi connectivity index (χ0v) is 22.0. The summed E-state index contributed by atoms with van der Waals surface area (Å²) in [7, 11) is 0. The van der Waals surface area contributed by atoms with Gasteiger partial charge < -0.3 is 25.8 Å². The van der Waals surface area contributed by atoms with Gasteiger partial charge in [-0.1, -0.05) is 18.2 Å². The number of nitrogens with zero attached hydrogens (tertiary/aromatic N) is 3. The molecular formula is C28H37F3N6O2. The highest BCUT2D eigenvalue weighted by Crippen LogP contribution is 2.30. The Balaban J connectivity index is 1.23. The molecule has 11 heteroatoms. The molecule has 0 atom stereocenters. The molecule has 2 aromatic rings. The van der Waals surface area contributed by atoms with Gasteiger partial charge in [0.2, 0.25) is 5.95 Å². The number of rotatable bonds is 11. The fourth-order valence-corrected chi connectivity index (χ4v) is 5.50. The monoisotopic (exact) mass is 546 g/mol. The van der Waals surface area contributed by atoms with Crippen molar-refractivity contribution in [3.8, 4) is 11.8 Å². The van der Waals surface area contributed by atoms with E-state index in [4.69, 9.17) is 0 Å². The van der Waals surface area contributed by atoms with E-state index in [1.807, 2.05) is 0 Å². The summed E-state index contributed by atoms with van der Waals surface area (Å²) in [4.78, 5) is 8.54. The van der Waals surface area contributed by atoms with E-state index in [0.29, 0.717) is 53.9 Å². The van der Waals surface area contributed by atoms with Crippen molar-refractivity contribution in [2.45, 2.75) is 70.3 Å². The molecule has 0 bridgehead atoms. The summed E-state index contributed by atoms with van der Waals surface area (Å²) in [6, 6.07) is 8.51. The molecule has 1 heterocycles. The van der Waals surface area contributed by atoms with Crippen molar-refractivity contribution >= 4 is 11.8 Å². The smallest absolute Gasteiger partial charge is 0.405 e. The average Bonchev–Trinajstić information content (AvgIpc) is 2.94. The second kappa shape index (κ2) is 13.8. The molecule has 0 aliphatic heterocycles. The first-order valence-electron chi connectivity index (χ1n) is 13.8. The van der Waals surface area contributed by atoms with E-state index >= 15 is 0 Å². The molecule has 0 unspecified atom stereocenters. The van der Waals surface area contributed by atoms with Crippen molar-refractivity contribution in [1.82, 2.24) is 15.3 Å². The van der Waals surface area contributed by atoms with Crippen LogP contribution in [-0.4, -0.2) is 47.2 Å². The molecule has 1 aromatic carbocycles. The maximum atomic E-state index is 12.7. The van der Waals surface area contributed by atoms with Crippen LogP contribution in [0.3, 0.4) is 0 Å². The Labute approximate surface area is 227 Å². The molecule has 212 valence electrons. The molecule has 1 aromatic heterocycles. The van der Waals surface area contributed by atoms with Crippen molar-refractivity contribution in [2.75, 3.05) is 30.3 Å². The number of para-hydroxylation sites is 1. The van der Waals surface area contributed by atoms with Crippen LogP contribution in [0.25, 0.3) is 0 Å². The van der Waals surface area contributed by atoms with Gasteiger partial charge >= 0.3 is 6.36 Å². The van der Waals surface area contributed by atoms with Gasteiger partial charge in [-0.2, -0.15) is 10.2 Å². The number of ether oxygens (including phenoxy) is 1. The van der Waals surface area contributed by atoms with E-state index in [-0.39, 0.29) is 18.2 Å². The van der Waals surface area contributed by atoms with Crippen LogP contribution in [0, 0.1) is 29.1 Å². The maximum absolute atomic E-state index is 12.7. The quantitative estimate of drug-likeness (QED) is 0.303. The van der Waals surface area contributed by atoms with E-state index in [2.05, 4.69) is 36.7 Å². The molecule has 2 aliphatic carbocycles. The predicted molar refractivity (Wildman–Crippen MR) is 142 cm³/mol. The second-order valence-electron chi connectivity index (χ2n) is 10.7. The third-order valence-corrected chi connectivity index (χ3v) is 7.87. The molecule has 2 saturated carbocycles. The lowest BCUT2D eigenvalue weighted by Gasteiger charge is -2.32. The van der Waals surface area contributed by atoms with Crippen LogP contribution in [0.4, 0.5) is 24.9 Å². The number of aromatic nitrogens is 2. The topological polar surface area (TPSA) is 115 Å². The lowest BCUT2D eigenvalue weighted by Crippen LogP contribution is -2.38. The first kappa shape index (κ1) is 28.9. The summed E-state index contributed by atoms with van der Waals surface area (Å²) in [5, 5.41) is 28.8. The van der Waals surface area contributed by atoms with E-state index in [1.54, 1.807) is 6.07 Å². The summed E-state index contributed by atoms with van der Waals surface area (Å²) < 4.78 is 42.2. The molecule has 4 N–H and O–H groups in total. The van der Waals surface area contributed by atoms with Gasteiger partial charge in [0, 0.05) is 31.3 Å². The molecular weight excluding hydrogens is 509 g/mol. The van der Waals surface area contributed by atoms with Crippen LogP contribution in [0.15, 0.2) is 30.5 Å². The number of nitriles is 1. The Morgan fingerprint density at radius 2 is 1.62 bits per heavy atom. The zero-order valence-electron chi connectivity index (χ0n) is 22.0. The van der Waals surface area contributed by atoms with Crippen LogP contribution in [0.5, 0.6) is 5.75 Å². The number of benzene rings is 1. The van der Waals surface area contributed by atoms with Crippen molar-refractivity contribution in [3.63, 3.8) is 0 Å². The van der Waals surface area contributed by atoms with Gasteiger partial charge in [0.1, 0.15) is 23.2 Å². The number of aliphatic hydroxyl groups is 1. The first-order chi connectivity index (χ1) is 18.8. The van der Waals surface area contributed by atoms with Crippen LogP contribution in [0.1, 0.15) is 62.5 Å². The molecule has 0 spiro atoms. The molecule has 4 rings (SSSR count). The SMILES string of the molecule is N#Cc1cnc(NCc2ccccc2OC(F)(F)F)nc1NCC1CCC(NCC2CCC(CO)CC2)CC1. The first-order valence-corrected chi connectivity index (χ1v) is 13.8. The maximum Gasteiger partial charge on any atom is 0.573 e. The van der Waals surface area contributed by atoms with Crippen LogP contribution in [-0.2, 0) is 6.54 Å². The van der Waals surface area contributed by atoms with E-state index < -0.39 is 6.36 Å². The second-order valence-corrected chi connectivity index (χ2v) is 10.7. The number of anilines is 2. The molecule has 0 radical (unpaired) electrons. The summed E-state index contributed by atoms with van der Waals surface area (Å²) in [6.07, 6.45) is 5.66. The summed E-state index contributed by atoms with van der Waals surface area (Å²) in [5.41, 5.74) is 0.619. The Bertz CT molecular complexity index is 1090. The number of hydrogen-bond acceptors (Lipinski definition) is 8. The highest BCUT2D eigenvalue weighted by Gasteiger charge is 2.32. The molecule has 39 heavy (non-hydrogen) atoms. The number of aliphatic hydroxyl groups excluding tert-OH is 1. The fourth-order valence-electron chi connectivity index (χ4n) is 5.50. The zero-order chi connectivity index (χ0) is 27.7. The average molecular weight is 547 g/mol. The molecule has 8 nitrogen and oxygen atoms in total. The lowest BCUT2D eigenvalue weighted by molar-refractivity contribution is -0.274. The number of alkyl halides is 3. The normalized spacial score (nSPS) is 23.6. The number of halogens is 3. The number of hydrogen-bond donors (Lipinski definition) is 4. The van der Waals surface area contributed by atoms with Crippen LogP contribution in [0.2, 0.25) is 0 Å². The lowest BCUT2D eigenvalue weighted by atomic mass is 9.81. The molecule has 0 amide bonds. The Morgan fingerprint density at radius 3 is 2.31 bits per heavy atom. The minimum absolute atomic E-state index is 0.0253. The standard InChI is InChI=1S/C28H37F3N6O2/c29-28(30,31)39-25-4-2-1-3-22(25)16-35-27-36-17-23(13-32)26(37-27)34-15-20-9-11-24(12-10-20)33-14-19-5-7-21(18-38)8-6-19/h1-4,17,19-21,24,33,38H,5-12,14-16,18H2,(H2,34,35,36,37). The van der Waals surface area contributed by atoms with Crippen LogP contribution < -0.4 is 20.7 Å². The highest BCUT2D eigenvalue weighted by molar-refractivity contribution is 5.53. The minimum Gasteiger partial charge on any atom is -0.405 e. The largest absolute Gasteiger partial charge is 0.573 e. The third-order valence-electron chi connectivity index (χ3n) is 7.87. The summed E-state index contributed by atoms with van der Waals surface area (Å²) >= 11 is 0. The van der Waals surface area contributed by atoms with Gasteiger partial charge in [-0.25, -0.2) is 4.98 Å². The minimum atomic E-state index is -4.78. The molecule has 0 saturated heterocycles. The van der Waals surface area contributed by atoms with Crippen molar-refractivity contribution in [3.05, 3.63) is 41.6 Å². The van der Waals surface area contributed by atoms with Gasteiger partial charge in [0.05, 0.1) is 6.20 Å². The van der Waals surface area contributed by atoms with Gasteiger partial charge in [0.25, 0.3) is 0 Å². The Kier molecular flexibility index (Phi) is 10.2. The van der Waals surface area contributed by atoms with Gasteiger partial charge in [-0.15, -0.1) is 13.2 Å². The van der Waals surface area contributed by atoms with Gasteiger partial charge in [-0.3, -0.25) is 0 Å². The van der Waals surface area contributed by atoms with Crippen molar-refractivity contribution < 1.29 is 23.0 Å². The highest BCUT2D eigenvalue weighted by atomic mass is 19.4. The van der Waals surface area contributed by atoms with E-state index in [0.717, 1.165) is 45.1 Å². The number of nitrogens with one attached hydrogen (secondary N) is 3. The molecule has 2 aliphatic rings. The van der Waals surface area contributed by atoms with Gasteiger partial charge in [0.15, 0.2) is 0 Å². The third kappa shape index (κ3) is 8.97. The van der Waals surface area contributed by atoms with E-state index in [1.165, 1.54) is 37.2 Å². The van der Waals surface area contributed by atoms with Crippen molar-refractivity contribution in [2.24, 2.45) is 17.8 Å². The summed E-state index contributed by atoms with van der Waals surface area (Å²) in [5.74, 6) is 1.99. The van der Waals surface area contributed by atoms with Gasteiger partial charge in [-0.05, 0) is 81.7 Å². The molecule has 2 fully saturated rings. The van der Waals surface area contributed by atoms with E-state index in [9.17, 15) is 23.5 Å². The summed E-state index contributed by atoms with van der Waals surface area (Å²) in [6.45, 7) is 2.08.